The van der Waals surface area contributed by atoms with Gasteiger partial charge in [0, 0.05) is 42.9 Å². The number of phenolic OH excluding ortho intramolecular Hbond substituents is 1. The summed E-state index contributed by atoms with van der Waals surface area (Å²) in [6, 6.07) is 9.49. The molecule has 2 bridgehead atoms. The Morgan fingerprint density at radius 2 is 2.12 bits per heavy atom. The fraction of sp³-hybridized carbons (Fsp3) is 0.538. The highest BCUT2D eigenvalue weighted by atomic mass is 16.3. The third kappa shape index (κ3) is 3.07. The maximum atomic E-state index is 13.2. The van der Waals surface area contributed by atoms with E-state index >= 15 is 0 Å². The monoisotopic (exact) mass is 433 g/mol. The fourth-order valence-corrected chi connectivity index (χ4v) is 6.85. The molecule has 0 unspecified atom stereocenters. The van der Waals surface area contributed by atoms with Crippen LogP contribution in [-0.2, 0) is 23.2 Å². The molecule has 4 aliphatic rings. The number of piperidine rings is 1. The summed E-state index contributed by atoms with van der Waals surface area (Å²) in [6.45, 7) is 2.44. The van der Waals surface area contributed by atoms with Gasteiger partial charge >= 0.3 is 0 Å². The Balaban J connectivity index is 1.32. The standard InChI is InChI=1S/C26H31N3O3/c30-21-6-5-19-10-23-26(32)13-20(24(31)28-15-18-2-1-8-27-14-18)12-25(26,22(19)11-21)7-9-29(23)16-17-3-4-17/h1-2,5-6,8,11,14,17,20,23,30,32H,3-4,7,9-10,12-13,15-16H2,(H,28,31)/t20-,23+,25+,26+/m0/s1. The number of hydrogen-bond donors (Lipinski definition) is 3. The molecule has 32 heavy (non-hydrogen) atoms. The van der Waals surface area contributed by atoms with E-state index in [-0.39, 0.29) is 23.6 Å². The van der Waals surface area contributed by atoms with Crippen LogP contribution in [0.5, 0.6) is 5.75 Å². The number of phenols is 1. The third-order valence-electron chi connectivity index (χ3n) is 8.57. The smallest absolute Gasteiger partial charge is 0.223 e. The lowest BCUT2D eigenvalue weighted by Gasteiger charge is -2.59. The first kappa shape index (κ1) is 20.2. The van der Waals surface area contributed by atoms with Gasteiger partial charge in [0.1, 0.15) is 5.75 Å². The number of carbonyl (C=O) groups excluding carboxylic acids is 1. The van der Waals surface area contributed by atoms with Crippen LogP contribution in [0.3, 0.4) is 0 Å². The molecule has 1 saturated heterocycles. The van der Waals surface area contributed by atoms with Crippen LogP contribution in [0, 0.1) is 11.8 Å². The molecule has 2 saturated carbocycles. The van der Waals surface area contributed by atoms with Crippen molar-refractivity contribution in [3.05, 3.63) is 59.4 Å². The van der Waals surface area contributed by atoms with Crippen molar-refractivity contribution in [1.82, 2.24) is 15.2 Å². The second kappa shape index (κ2) is 7.29. The number of aromatic nitrogens is 1. The van der Waals surface area contributed by atoms with E-state index in [4.69, 9.17) is 0 Å². The minimum absolute atomic E-state index is 0.00662. The first-order valence-corrected chi connectivity index (χ1v) is 11.9. The van der Waals surface area contributed by atoms with E-state index in [1.54, 1.807) is 18.5 Å². The van der Waals surface area contributed by atoms with Crippen molar-refractivity contribution in [1.29, 1.82) is 0 Å². The lowest BCUT2D eigenvalue weighted by atomic mass is 9.56. The van der Waals surface area contributed by atoms with Crippen LogP contribution < -0.4 is 5.32 Å². The number of aromatic hydroxyl groups is 1. The number of hydrogen-bond acceptors (Lipinski definition) is 5. The second-order valence-electron chi connectivity index (χ2n) is 10.4. The van der Waals surface area contributed by atoms with Gasteiger partial charge in [-0.25, -0.2) is 0 Å². The number of benzene rings is 1. The molecule has 1 aromatic heterocycles. The number of pyridine rings is 1. The molecule has 1 aliphatic heterocycles. The molecular weight excluding hydrogens is 402 g/mol. The Kier molecular flexibility index (Phi) is 4.60. The van der Waals surface area contributed by atoms with Crippen LogP contribution in [0.1, 0.15) is 48.8 Å². The van der Waals surface area contributed by atoms with Crippen molar-refractivity contribution < 1.29 is 15.0 Å². The number of rotatable bonds is 5. The number of nitrogens with one attached hydrogen (secondary N) is 1. The first-order chi connectivity index (χ1) is 15.5. The van der Waals surface area contributed by atoms with Gasteiger partial charge in [0.15, 0.2) is 0 Å². The number of carbonyl (C=O) groups is 1. The highest BCUT2D eigenvalue weighted by molar-refractivity contribution is 5.80. The maximum absolute atomic E-state index is 13.2. The van der Waals surface area contributed by atoms with Crippen LogP contribution in [0.2, 0.25) is 0 Å². The van der Waals surface area contributed by atoms with Crippen LogP contribution in [0.4, 0.5) is 0 Å². The quantitative estimate of drug-likeness (QED) is 0.675. The van der Waals surface area contributed by atoms with E-state index in [2.05, 4.69) is 15.2 Å². The van der Waals surface area contributed by atoms with E-state index in [0.717, 1.165) is 43.0 Å². The average molecular weight is 434 g/mol. The van der Waals surface area contributed by atoms with Crippen molar-refractivity contribution >= 4 is 5.91 Å². The third-order valence-corrected chi connectivity index (χ3v) is 8.57. The largest absolute Gasteiger partial charge is 0.508 e. The highest BCUT2D eigenvalue weighted by Crippen LogP contribution is 2.62. The lowest BCUT2D eigenvalue weighted by molar-refractivity contribution is -0.134. The second-order valence-corrected chi connectivity index (χ2v) is 10.4. The SMILES string of the molecule is O=C(NCc1cccnc1)[C@H]1C[C@]23CCN(CC4CC4)[C@H](Cc4ccc(O)cc42)[C@]3(O)C1. The lowest BCUT2D eigenvalue weighted by Crippen LogP contribution is -2.69. The fourth-order valence-electron chi connectivity index (χ4n) is 6.85. The average Bonchev–Trinajstić information content (AvgIpc) is 3.54. The number of fused-ring (bicyclic) bond motifs is 1. The number of aliphatic hydroxyl groups is 1. The van der Waals surface area contributed by atoms with Crippen molar-refractivity contribution in [3.63, 3.8) is 0 Å². The van der Waals surface area contributed by atoms with Gasteiger partial charge in [-0.05, 0) is 85.9 Å². The van der Waals surface area contributed by atoms with Crippen LogP contribution in [0.15, 0.2) is 42.7 Å². The van der Waals surface area contributed by atoms with Gasteiger partial charge in [-0.1, -0.05) is 12.1 Å². The van der Waals surface area contributed by atoms with E-state index in [1.165, 1.54) is 18.4 Å². The normalized spacial score (nSPS) is 33.4. The van der Waals surface area contributed by atoms with Crippen molar-refractivity contribution in [2.24, 2.45) is 11.8 Å². The number of nitrogens with zero attached hydrogens (tertiary/aromatic N) is 2. The van der Waals surface area contributed by atoms with Gasteiger partial charge in [0.05, 0.1) is 5.60 Å². The molecule has 6 heteroatoms. The topological polar surface area (TPSA) is 85.7 Å². The molecule has 6 rings (SSSR count). The van der Waals surface area contributed by atoms with Gasteiger partial charge in [-0.2, -0.15) is 0 Å². The highest BCUT2D eigenvalue weighted by Gasteiger charge is 2.68. The predicted octanol–water partition coefficient (Wildman–Crippen LogP) is 2.52. The predicted molar refractivity (Wildman–Crippen MR) is 120 cm³/mol. The Labute approximate surface area is 188 Å². The molecule has 1 aromatic carbocycles. The first-order valence-electron chi connectivity index (χ1n) is 11.9. The van der Waals surface area contributed by atoms with Crippen molar-refractivity contribution in [2.75, 3.05) is 13.1 Å². The van der Waals surface area contributed by atoms with Crippen LogP contribution in [0.25, 0.3) is 0 Å². The minimum atomic E-state index is -0.947. The maximum Gasteiger partial charge on any atom is 0.223 e. The molecule has 1 amide bonds. The molecule has 3 fully saturated rings. The summed E-state index contributed by atoms with van der Waals surface area (Å²) in [5.74, 6) is 0.761. The van der Waals surface area contributed by atoms with Gasteiger partial charge in [-0.15, -0.1) is 0 Å². The Morgan fingerprint density at radius 1 is 1.25 bits per heavy atom. The summed E-state index contributed by atoms with van der Waals surface area (Å²) in [6.07, 6.45) is 8.79. The van der Waals surface area contributed by atoms with Crippen molar-refractivity contribution in [3.8, 4) is 5.75 Å². The number of likely N-dealkylation sites (tertiary alicyclic amines) is 1. The molecule has 3 N–H and O–H groups in total. The molecular formula is C26H31N3O3. The summed E-state index contributed by atoms with van der Waals surface area (Å²) in [7, 11) is 0. The summed E-state index contributed by atoms with van der Waals surface area (Å²) in [4.78, 5) is 19.9. The molecule has 168 valence electrons. The molecule has 3 aliphatic carbocycles. The summed E-state index contributed by atoms with van der Waals surface area (Å²) >= 11 is 0. The minimum Gasteiger partial charge on any atom is -0.508 e. The zero-order valence-electron chi connectivity index (χ0n) is 18.3. The Hall–Kier alpha value is -2.44. The molecule has 2 heterocycles. The molecule has 2 aromatic rings. The molecule has 0 spiro atoms. The van der Waals surface area contributed by atoms with Gasteiger partial charge < -0.3 is 15.5 Å². The zero-order valence-corrected chi connectivity index (χ0v) is 18.3. The summed E-state index contributed by atoms with van der Waals surface area (Å²) < 4.78 is 0. The van der Waals surface area contributed by atoms with Crippen LogP contribution >= 0.6 is 0 Å². The zero-order chi connectivity index (χ0) is 21.9. The van der Waals surface area contributed by atoms with E-state index in [0.29, 0.717) is 19.4 Å². The van der Waals surface area contributed by atoms with Gasteiger partial charge in [-0.3, -0.25) is 14.7 Å². The van der Waals surface area contributed by atoms with E-state index in [1.807, 2.05) is 24.3 Å². The summed E-state index contributed by atoms with van der Waals surface area (Å²) in [5, 5.41) is 25.7. The molecule has 4 atom stereocenters. The Bertz CT molecular complexity index is 1040. The summed E-state index contributed by atoms with van der Waals surface area (Å²) in [5.41, 5.74) is 1.83. The Morgan fingerprint density at radius 3 is 2.91 bits per heavy atom. The van der Waals surface area contributed by atoms with E-state index in [9.17, 15) is 15.0 Å². The molecule has 6 nitrogen and oxygen atoms in total. The molecule has 0 radical (unpaired) electrons. The van der Waals surface area contributed by atoms with Crippen molar-refractivity contribution in [2.45, 2.75) is 62.1 Å². The van der Waals surface area contributed by atoms with Gasteiger partial charge in [0.25, 0.3) is 0 Å². The number of amides is 1. The van der Waals surface area contributed by atoms with E-state index < -0.39 is 11.0 Å². The van der Waals surface area contributed by atoms with Gasteiger partial charge in [0.2, 0.25) is 5.91 Å². The van der Waals surface area contributed by atoms with Crippen LogP contribution in [-0.4, -0.2) is 50.7 Å².